The van der Waals surface area contributed by atoms with Crippen LogP contribution in [0.2, 0.25) is 0 Å². The van der Waals surface area contributed by atoms with E-state index >= 15 is 0 Å². The molecule has 1 unspecified atom stereocenters. The minimum Gasteiger partial charge on any atom is -0.489 e. The summed E-state index contributed by atoms with van der Waals surface area (Å²) in [5.74, 6) is 1.33. The average molecular weight is 349 g/mol. The maximum absolute atomic E-state index is 9.38. The first kappa shape index (κ1) is 18.0. The SMILES string of the molecule is NC(CO)c1cc(OCc2ccccc2)cc(OCc2ccccc2)c1. The lowest BCUT2D eigenvalue weighted by atomic mass is 10.1. The first-order chi connectivity index (χ1) is 12.7. The summed E-state index contributed by atoms with van der Waals surface area (Å²) in [5, 5.41) is 9.38. The molecule has 0 saturated carbocycles. The van der Waals surface area contributed by atoms with Gasteiger partial charge in [0.2, 0.25) is 0 Å². The molecule has 0 radical (unpaired) electrons. The molecule has 0 aromatic heterocycles. The van der Waals surface area contributed by atoms with Crippen molar-refractivity contribution in [3.8, 4) is 11.5 Å². The van der Waals surface area contributed by atoms with E-state index in [0.717, 1.165) is 16.7 Å². The van der Waals surface area contributed by atoms with Crippen LogP contribution in [0.5, 0.6) is 11.5 Å². The van der Waals surface area contributed by atoms with E-state index < -0.39 is 6.04 Å². The molecule has 0 aliphatic rings. The van der Waals surface area contributed by atoms with E-state index in [1.807, 2.05) is 78.9 Å². The molecule has 134 valence electrons. The highest BCUT2D eigenvalue weighted by Crippen LogP contribution is 2.27. The summed E-state index contributed by atoms with van der Waals surface area (Å²) >= 11 is 0. The van der Waals surface area contributed by atoms with Gasteiger partial charge < -0.3 is 20.3 Å². The summed E-state index contributed by atoms with van der Waals surface area (Å²) in [4.78, 5) is 0. The van der Waals surface area contributed by atoms with Crippen molar-refractivity contribution in [3.05, 3.63) is 95.6 Å². The Kier molecular flexibility index (Phi) is 6.25. The van der Waals surface area contributed by atoms with Gasteiger partial charge in [-0.1, -0.05) is 60.7 Å². The van der Waals surface area contributed by atoms with Crippen LogP contribution in [0.3, 0.4) is 0 Å². The fourth-order valence-electron chi connectivity index (χ4n) is 2.56. The van der Waals surface area contributed by atoms with Crippen LogP contribution in [0.4, 0.5) is 0 Å². The van der Waals surface area contributed by atoms with E-state index in [1.165, 1.54) is 0 Å². The molecule has 1 atom stereocenters. The monoisotopic (exact) mass is 349 g/mol. The van der Waals surface area contributed by atoms with E-state index in [4.69, 9.17) is 15.2 Å². The smallest absolute Gasteiger partial charge is 0.123 e. The molecule has 0 saturated heterocycles. The summed E-state index contributed by atoms with van der Waals surface area (Å²) in [6, 6.07) is 25.0. The van der Waals surface area contributed by atoms with Crippen molar-refractivity contribution in [1.29, 1.82) is 0 Å². The van der Waals surface area contributed by atoms with Gasteiger partial charge in [-0.3, -0.25) is 0 Å². The molecule has 0 aliphatic heterocycles. The molecule has 4 heteroatoms. The fourth-order valence-corrected chi connectivity index (χ4v) is 2.56. The first-order valence-corrected chi connectivity index (χ1v) is 8.59. The first-order valence-electron chi connectivity index (χ1n) is 8.59. The van der Waals surface area contributed by atoms with Gasteiger partial charge in [0.15, 0.2) is 0 Å². The summed E-state index contributed by atoms with van der Waals surface area (Å²) in [7, 11) is 0. The van der Waals surface area contributed by atoms with Crippen LogP contribution in [0, 0.1) is 0 Å². The Labute approximate surface area is 153 Å². The third-order valence-electron chi connectivity index (χ3n) is 4.02. The van der Waals surface area contributed by atoms with E-state index in [9.17, 15) is 5.11 Å². The molecule has 4 nitrogen and oxygen atoms in total. The van der Waals surface area contributed by atoms with Crippen LogP contribution in [-0.2, 0) is 13.2 Å². The van der Waals surface area contributed by atoms with Gasteiger partial charge in [0.25, 0.3) is 0 Å². The van der Waals surface area contributed by atoms with Crippen LogP contribution < -0.4 is 15.2 Å². The van der Waals surface area contributed by atoms with E-state index in [1.54, 1.807) is 0 Å². The zero-order valence-corrected chi connectivity index (χ0v) is 14.5. The second-order valence-electron chi connectivity index (χ2n) is 6.08. The average Bonchev–Trinajstić information content (AvgIpc) is 2.71. The summed E-state index contributed by atoms with van der Waals surface area (Å²) in [5.41, 5.74) is 8.92. The third kappa shape index (κ3) is 5.09. The van der Waals surface area contributed by atoms with Crippen molar-refractivity contribution in [3.63, 3.8) is 0 Å². The molecule has 0 aliphatic carbocycles. The Morgan fingerprint density at radius 2 is 1.19 bits per heavy atom. The van der Waals surface area contributed by atoms with E-state index in [0.29, 0.717) is 24.7 Å². The molecule has 0 amide bonds. The lowest BCUT2D eigenvalue weighted by Crippen LogP contribution is -2.14. The highest BCUT2D eigenvalue weighted by Gasteiger charge is 2.10. The second kappa shape index (κ2) is 9.04. The van der Waals surface area contributed by atoms with Crippen LogP contribution in [0.1, 0.15) is 22.7 Å². The number of ether oxygens (including phenoxy) is 2. The van der Waals surface area contributed by atoms with Gasteiger partial charge in [-0.15, -0.1) is 0 Å². The van der Waals surface area contributed by atoms with Crippen LogP contribution in [-0.4, -0.2) is 11.7 Å². The number of aliphatic hydroxyl groups excluding tert-OH is 1. The molecule has 3 N–H and O–H groups in total. The highest BCUT2D eigenvalue weighted by molar-refractivity contribution is 5.40. The number of rotatable bonds is 8. The number of hydrogen-bond acceptors (Lipinski definition) is 4. The van der Waals surface area contributed by atoms with Gasteiger partial charge in [0.05, 0.1) is 12.6 Å². The van der Waals surface area contributed by atoms with E-state index in [-0.39, 0.29) is 6.61 Å². The molecular weight excluding hydrogens is 326 g/mol. The Hall–Kier alpha value is -2.82. The van der Waals surface area contributed by atoms with Gasteiger partial charge in [-0.2, -0.15) is 0 Å². The predicted octanol–water partition coefficient (Wildman–Crippen LogP) is 3.84. The van der Waals surface area contributed by atoms with Crippen molar-refractivity contribution in [2.75, 3.05) is 6.61 Å². The summed E-state index contributed by atoms with van der Waals surface area (Å²) in [6.45, 7) is 0.772. The van der Waals surface area contributed by atoms with Crippen LogP contribution >= 0.6 is 0 Å². The standard InChI is InChI=1S/C22H23NO3/c23-22(14-24)19-11-20(25-15-17-7-3-1-4-8-17)13-21(12-19)26-16-18-9-5-2-6-10-18/h1-13,22,24H,14-16,23H2. The van der Waals surface area contributed by atoms with Gasteiger partial charge in [-0.05, 0) is 28.8 Å². The van der Waals surface area contributed by atoms with Gasteiger partial charge >= 0.3 is 0 Å². The maximum Gasteiger partial charge on any atom is 0.123 e. The van der Waals surface area contributed by atoms with Gasteiger partial charge in [0.1, 0.15) is 24.7 Å². The topological polar surface area (TPSA) is 64.7 Å². The normalized spacial score (nSPS) is 11.8. The van der Waals surface area contributed by atoms with Crippen molar-refractivity contribution >= 4 is 0 Å². The van der Waals surface area contributed by atoms with Crippen molar-refractivity contribution < 1.29 is 14.6 Å². The minimum atomic E-state index is -0.477. The molecule has 26 heavy (non-hydrogen) atoms. The molecule has 3 rings (SSSR count). The Bertz CT molecular complexity index is 744. The van der Waals surface area contributed by atoms with Crippen molar-refractivity contribution in [1.82, 2.24) is 0 Å². The summed E-state index contributed by atoms with van der Waals surface area (Å²) in [6.07, 6.45) is 0. The zero-order valence-electron chi connectivity index (χ0n) is 14.5. The Morgan fingerprint density at radius 1 is 0.731 bits per heavy atom. The minimum absolute atomic E-state index is 0.139. The van der Waals surface area contributed by atoms with Crippen LogP contribution in [0.15, 0.2) is 78.9 Å². The van der Waals surface area contributed by atoms with Crippen molar-refractivity contribution in [2.24, 2.45) is 5.73 Å². The predicted molar refractivity (Wildman–Crippen MR) is 102 cm³/mol. The number of benzene rings is 3. The Morgan fingerprint density at radius 3 is 1.62 bits per heavy atom. The molecule has 0 fully saturated rings. The fraction of sp³-hybridized carbons (Fsp3) is 0.182. The molecule has 0 spiro atoms. The zero-order chi connectivity index (χ0) is 18.2. The van der Waals surface area contributed by atoms with Gasteiger partial charge in [0, 0.05) is 6.07 Å². The molecule has 0 heterocycles. The quantitative estimate of drug-likeness (QED) is 0.648. The van der Waals surface area contributed by atoms with Gasteiger partial charge in [-0.25, -0.2) is 0 Å². The highest BCUT2D eigenvalue weighted by atomic mass is 16.5. The molecular formula is C22H23NO3. The largest absolute Gasteiger partial charge is 0.489 e. The second-order valence-corrected chi connectivity index (χ2v) is 6.08. The third-order valence-corrected chi connectivity index (χ3v) is 4.02. The lowest BCUT2D eigenvalue weighted by molar-refractivity contribution is 0.264. The molecule has 3 aromatic carbocycles. The summed E-state index contributed by atoms with van der Waals surface area (Å²) < 4.78 is 11.8. The number of hydrogen-bond donors (Lipinski definition) is 2. The van der Waals surface area contributed by atoms with E-state index in [2.05, 4.69) is 0 Å². The molecule has 3 aromatic rings. The lowest BCUT2D eigenvalue weighted by Gasteiger charge is -2.15. The number of nitrogens with two attached hydrogens (primary N) is 1. The maximum atomic E-state index is 9.38. The Balaban J connectivity index is 1.74. The van der Waals surface area contributed by atoms with Crippen LogP contribution in [0.25, 0.3) is 0 Å². The number of aliphatic hydroxyl groups is 1. The van der Waals surface area contributed by atoms with Crippen molar-refractivity contribution in [2.45, 2.75) is 19.3 Å². The molecule has 0 bridgehead atoms.